The van der Waals surface area contributed by atoms with Crippen molar-refractivity contribution in [2.24, 2.45) is 11.8 Å². The molecular weight excluding hydrogens is 176 g/mol. The molecule has 1 aliphatic rings. The van der Waals surface area contributed by atoms with Gasteiger partial charge >= 0.3 is 5.97 Å². The molecule has 0 aromatic heterocycles. The topological polar surface area (TPSA) is 26.3 Å². The molecule has 1 fully saturated rings. The highest BCUT2D eigenvalue weighted by Gasteiger charge is 2.35. The van der Waals surface area contributed by atoms with Gasteiger partial charge in [-0.05, 0) is 32.6 Å². The van der Waals surface area contributed by atoms with Crippen LogP contribution in [0.5, 0.6) is 0 Å². The van der Waals surface area contributed by atoms with E-state index >= 15 is 0 Å². The molecule has 0 heterocycles. The van der Waals surface area contributed by atoms with E-state index in [1.165, 1.54) is 25.7 Å². The Kier molecular flexibility index (Phi) is 3.57. The summed E-state index contributed by atoms with van der Waals surface area (Å²) in [5.41, 5.74) is -0.266. The Morgan fingerprint density at radius 1 is 1.29 bits per heavy atom. The van der Waals surface area contributed by atoms with Gasteiger partial charge < -0.3 is 4.74 Å². The van der Waals surface area contributed by atoms with Crippen molar-refractivity contribution in [2.75, 3.05) is 0 Å². The van der Waals surface area contributed by atoms with E-state index in [2.05, 4.69) is 0 Å². The van der Waals surface area contributed by atoms with E-state index in [0.29, 0.717) is 5.92 Å². The maximum absolute atomic E-state index is 11.5. The summed E-state index contributed by atoms with van der Waals surface area (Å²) in [7, 11) is 0. The Labute approximate surface area is 87.0 Å². The van der Waals surface area contributed by atoms with E-state index in [1.54, 1.807) is 0 Å². The quantitative estimate of drug-likeness (QED) is 0.651. The molecule has 0 N–H and O–H groups in total. The van der Waals surface area contributed by atoms with Crippen LogP contribution in [0.15, 0.2) is 0 Å². The fourth-order valence-electron chi connectivity index (χ4n) is 2.08. The molecule has 82 valence electrons. The molecule has 0 radical (unpaired) electrons. The van der Waals surface area contributed by atoms with Crippen molar-refractivity contribution < 1.29 is 9.53 Å². The minimum atomic E-state index is -0.266. The molecule has 0 aromatic rings. The van der Waals surface area contributed by atoms with Crippen LogP contribution in [0.4, 0.5) is 0 Å². The van der Waals surface area contributed by atoms with Gasteiger partial charge in [-0.3, -0.25) is 4.79 Å². The molecule has 1 rings (SSSR count). The molecule has 2 heteroatoms. The fourth-order valence-corrected chi connectivity index (χ4v) is 2.08. The highest BCUT2D eigenvalue weighted by Crippen LogP contribution is 2.36. The summed E-state index contributed by atoms with van der Waals surface area (Å²) >= 11 is 0. The van der Waals surface area contributed by atoms with Gasteiger partial charge in [0, 0.05) is 0 Å². The number of hydrogen-bond acceptors (Lipinski definition) is 2. The Balaban J connectivity index is 2.51. The standard InChI is InChI=1S/C12H22O2/c1-9(2)11(13)14-12(3,4)10-7-5-6-8-10/h9-10H,5-8H2,1-4H3. The van der Waals surface area contributed by atoms with Crippen LogP contribution in [0.25, 0.3) is 0 Å². The number of rotatable bonds is 3. The largest absolute Gasteiger partial charge is 0.459 e. The SMILES string of the molecule is CC(C)C(=O)OC(C)(C)C1CCCC1. The third-order valence-corrected chi connectivity index (χ3v) is 3.17. The van der Waals surface area contributed by atoms with Crippen molar-refractivity contribution in [1.29, 1.82) is 0 Å². The molecule has 0 bridgehead atoms. The Hall–Kier alpha value is -0.530. The van der Waals surface area contributed by atoms with Gasteiger partial charge in [-0.25, -0.2) is 0 Å². The second-order valence-corrected chi connectivity index (χ2v) is 5.16. The number of carbonyl (C=O) groups is 1. The molecule has 0 aliphatic heterocycles. The van der Waals surface area contributed by atoms with Crippen molar-refractivity contribution in [3.63, 3.8) is 0 Å². The normalized spacial score (nSPS) is 18.9. The molecule has 0 unspecified atom stereocenters. The molecule has 0 saturated heterocycles. The van der Waals surface area contributed by atoms with Crippen molar-refractivity contribution in [1.82, 2.24) is 0 Å². The lowest BCUT2D eigenvalue weighted by molar-refractivity contribution is -0.165. The molecule has 0 atom stereocenters. The molecule has 1 saturated carbocycles. The van der Waals surface area contributed by atoms with Gasteiger partial charge in [-0.1, -0.05) is 26.7 Å². The van der Waals surface area contributed by atoms with Crippen LogP contribution in [-0.2, 0) is 9.53 Å². The van der Waals surface area contributed by atoms with Crippen LogP contribution in [0.2, 0.25) is 0 Å². The van der Waals surface area contributed by atoms with E-state index in [0.717, 1.165) is 0 Å². The molecule has 1 aliphatic carbocycles. The van der Waals surface area contributed by atoms with Gasteiger partial charge in [0.1, 0.15) is 5.60 Å². The van der Waals surface area contributed by atoms with Crippen LogP contribution >= 0.6 is 0 Å². The summed E-state index contributed by atoms with van der Waals surface area (Å²) in [5.74, 6) is 0.475. The summed E-state index contributed by atoms with van der Waals surface area (Å²) in [4.78, 5) is 11.5. The van der Waals surface area contributed by atoms with Gasteiger partial charge in [0.2, 0.25) is 0 Å². The van der Waals surface area contributed by atoms with Crippen molar-refractivity contribution >= 4 is 5.97 Å². The zero-order valence-electron chi connectivity index (χ0n) is 9.80. The van der Waals surface area contributed by atoms with Crippen molar-refractivity contribution in [3.05, 3.63) is 0 Å². The van der Waals surface area contributed by atoms with Gasteiger partial charge in [0.15, 0.2) is 0 Å². The van der Waals surface area contributed by atoms with E-state index in [9.17, 15) is 4.79 Å². The molecule has 0 aromatic carbocycles. The van der Waals surface area contributed by atoms with Crippen molar-refractivity contribution in [3.8, 4) is 0 Å². The lowest BCUT2D eigenvalue weighted by Gasteiger charge is -2.32. The van der Waals surface area contributed by atoms with Gasteiger partial charge in [0.05, 0.1) is 5.92 Å². The van der Waals surface area contributed by atoms with E-state index in [-0.39, 0.29) is 17.5 Å². The molecule has 2 nitrogen and oxygen atoms in total. The number of ether oxygens (including phenoxy) is 1. The number of esters is 1. The van der Waals surface area contributed by atoms with Crippen LogP contribution in [0.3, 0.4) is 0 Å². The first-order chi connectivity index (χ1) is 6.43. The van der Waals surface area contributed by atoms with E-state index in [1.807, 2.05) is 27.7 Å². The first-order valence-electron chi connectivity index (χ1n) is 5.66. The smallest absolute Gasteiger partial charge is 0.308 e. The monoisotopic (exact) mass is 198 g/mol. The van der Waals surface area contributed by atoms with Gasteiger partial charge in [0.25, 0.3) is 0 Å². The molecule has 0 spiro atoms. The lowest BCUT2D eigenvalue weighted by atomic mass is 9.89. The second kappa shape index (κ2) is 4.33. The van der Waals surface area contributed by atoms with Gasteiger partial charge in [-0.15, -0.1) is 0 Å². The average molecular weight is 198 g/mol. The fraction of sp³-hybridized carbons (Fsp3) is 0.917. The third-order valence-electron chi connectivity index (χ3n) is 3.17. The number of carbonyl (C=O) groups excluding carboxylic acids is 1. The Morgan fingerprint density at radius 2 is 1.79 bits per heavy atom. The molecule has 14 heavy (non-hydrogen) atoms. The minimum absolute atomic E-state index is 0.0179. The predicted octanol–water partition coefficient (Wildman–Crippen LogP) is 3.15. The summed E-state index contributed by atoms with van der Waals surface area (Å²) < 4.78 is 5.54. The third kappa shape index (κ3) is 2.73. The van der Waals surface area contributed by atoms with Crippen LogP contribution < -0.4 is 0 Å². The Bertz CT molecular complexity index is 200. The van der Waals surface area contributed by atoms with Crippen molar-refractivity contribution in [2.45, 2.75) is 59.0 Å². The van der Waals surface area contributed by atoms with Crippen LogP contribution in [0, 0.1) is 11.8 Å². The number of hydrogen-bond donors (Lipinski definition) is 0. The Morgan fingerprint density at radius 3 is 2.21 bits per heavy atom. The zero-order chi connectivity index (χ0) is 10.8. The van der Waals surface area contributed by atoms with Gasteiger partial charge in [-0.2, -0.15) is 0 Å². The van der Waals surface area contributed by atoms with E-state index in [4.69, 9.17) is 4.74 Å². The van der Waals surface area contributed by atoms with Crippen LogP contribution in [-0.4, -0.2) is 11.6 Å². The summed E-state index contributed by atoms with van der Waals surface area (Å²) in [6, 6.07) is 0. The maximum Gasteiger partial charge on any atom is 0.308 e. The second-order valence-electron chi connectivity index (χ2n) is 5.16. The van der Waals surface area contributed by atoms with E-state index < -0.39 is 0 Å². The van der Waals surface area contributed by atoms with Crippen LogP contribution in [0.1, 0.15) is 53.4 Å². The first-order valence-corrected chi connectivity index (χ1v) is 5.66. The molecule has 0 amide bonds. The summed E-state index contributed by atoms with van der Waals surface area (Å²) in [5, 5.41) is 0. The summed E-state index contributed by atoms with van der Waals surface area (Å²) in [6.45, 7) is 7.85. The highest BCUT2D eigenvalue weighted by atomic mass is 16.6. The lowest BCUT2D eigenvalue weighted by Crippen LogP contribution is -2.36. The summed E-state index contributed by atoms with van der Waals surface area (Å²) in [6.07, 6.45) is 4.98. The highest BCUT2D eigenvalue weighted by molar-refractivity contribution is 5.72. The zero-order valence-corrected chi connectivity index (χ0v) is 9.80. The first kappa shape index (κ1) is 11.5. The minimum Gasteiger partial charge on any atom is -0.459 e. The predicted molar refractivity (Wildman–Crippen MR) is 57.0 cm³/mol. The molecular formula is C12H22O2. The average Bonchev–Trinajstić information content (AvgIpc) is 2.54. The maximum atomic E-state index is 11.5.